The highest BCUT2D eigenvalue weighted by molar-refractivity contribution is 4.84. The second kappa shape index (κ2) is 24.9. The molecule has 1 heterocycles. The molecule has 35 heavy (non-hydrogen) atoms. The van der Waals surface area contributed by atoms with Gasteiger partial charge in [-0.3, -0.25) is 0 Å². The maximum Gasteiger partial charge on any atom is 0.256 e. The molecule has 0 aliphatic rings. The SMILES string of the molecule is CCCCCCCCCCCCCCn1cc[n+](CCCCCCCCC)c1CCCCCCC. The summed E-state index contributed by atoms with van der Waals surface area (Å²) in [6, 6.07) is 0. The molecule has 1 aromatic heterocycles. The molecule has 0 unspecified atom stereocenters. The van der Waals surface area contributed by atoms with Gasteiger partial charge in [0, 0.05) is 6.42 Å². The number of nitrogens with zero attached hydrogens (tertiary/aromatic N) is 2. The zero-order valence-corrected chi connectivity index (χ0v) is 24.6. The zero-order valence-electron chi connectivity index (χ0n) is 24.6. The summed E-state index contributed by atoms with van der Waals surface area (Å²) in [4.78, 5) is 0. The minimum absolute atomic E-state index is 1.23. The van der Waals surface area contributed by atoms with Crippen LogP contribution >= 0.6 is 0 Å². The highest BCUT2D eigenvalue weighted by Crippen LogP contribution is 2.14. The smallest absolute Gasteiger partial charge is 0.234 e. The largest absolute Gasteiger partial charge is 0.256 e. The van der Waals surface area contributed by atoms with E-state index in [4.69, 9.17) is 0 Å². The lowest BCUT2D eigenvalue weighted by Crippen LogP contribution is -2.37. The van der Waals surface area contributed by atoms with Crippen molar-refractivity contribution in [3.8, 4) is 0 Å². The van der Waals surface area contributed by atoms with Crippen LogP contribution in [0.2, 0.25) is 0 Å². The van der Waals surface area contributed by atoms with Crippen molar-refractivity contribution < 1.29 is 4.57 Å². The summed E-state index contributed by atoms with van der Waals surface area (Å²) in [6.45, 7) is 9.38. The summed E-state index contributed by atoms with van der Waals surface area (Å²) in [5, 5.41) is 0. The molecule has 0 aliphatic carbocycles. The third-order valence-electron chi connectivity index (χ3n) is 7.85. The third kappa shape index (κ3) is 18.2. The molecule has 0 N–H and O–H groups in total. The van der Waals surface area contributed by atoms with Crippen molar-refractivity contribution in [2.75, 3.05) is 0 Å². The summed E-state index contributed by atoms with van der Waals surface area (Å²) in [7, 11) is 0. The van der Waals surface area contributed by atoms with Gasteiger partial charge in [0.25, 0.3) is 5.82 Å². The van der Waals surface area contributed by atoms with Crippen LogP contribution in [0.3, 0.4) is 0 Å². The van der Waals surface area contributed by atoms with Crippen molar-refractivity contribution in [2.24, 2.45) is 0 Å². The van der Waals surface area contributed by atoms with E-state index >= 15 is 0 Å². The molecule has 1 rings (SSSR count). The molecule has 0 spiro atoms. The fourth-order valence-electron chi connectivity index (χ4n) is 5.44. The second-order valence-electron chi connectivity index (χ2n) is 11.3. The number of rotatable bonds is 27. The van der Waals surface area contributed by atoms with E-state index in [2.05, 4.69) is 42.3 Å². The van der Waals surface area contributed by atoms with Crippen LogP contribution in [-0.2, 0) is 19.5 Å². The van der Waals surface area contributed by atoms with Gasteiger partial charge in [-0.05, 0) is 32.1 Å². The molecule has 0 saturated heterocycles. The van der Waals surface area contributed by atoms with Gasteiger partial charge in [-0.1, -0.05) is 143 Å². The van der Waals surface area contributed by atoms with Crippen molar-refractivity contribution in [1.82, 2.24) is 4.57 Å². The van der Waals surface area contributed by atoms with Gasteiger partial charge in [-0.2, -0.15) is 0 Å². The average Bonchev–Trinajstić information content (AvgIpc) is 3.25. The van der Waals surface area contributed by atoms with Gasteiger partial charge in [0.2, 0.25) is 0 Å². The van der Waals surface area contributed by atoms with Gasteiger partial charge in [0.1, 0.15) is 12.4 Å². The number of imidazole rings is 1. The van der Waals surface area contributed by atoms with Crippen LogP contribution in [0.15, 0.2) is 12.4 Å². The minimum atomic E-state index is 1.23. The van der Waals surface area contributed by atoms with Crippen LogP contribution < -0.4 is 4.57 Å². The number of hydrogen-bond acceptors (Lipinski definition) is 0. The molecule has 0 amide bonds. The molecule has 206 valence electrons. The maximum absolute atomic E-state index is 2.61. The first-order chi connectivity index (χ1) is 17.3. The molecule has 0 saturated carbocycles. The van der Waals surface area contributed by atoms with Gasteiger partial charge < -0.3 is 0 Å². The Morgan fingerprint density at radius 1 is 0.486 bits per heavy atom. The third-order valence-corrected chi connectivity index (χ3v) is 7.85. The second-order valence-corrected chi connectivity index (χ2v) is 11.3. The fourth-order valence-corrected chi connectivity index (χ4v) is 5.44. The lowest BCUT2D eigenvalue weighted by atomic mass is 10.1. The van der Waals surface area contributed by atoms with Crippen LogP contribution in [0.4, 0.5) is 0 Å². The fraction of sp³-hybridized carbons (Fsp3) is 0.909. The first-order valence-corrected chi connectivity index (χ1v) is 16.4. The topological polar surface area (TPSA) is 8.81 Å². The van der Waals surface area contributed by atoms with Crippen LogP contribution in [0.25, 0.3) is 0 Å². The molecule has 2 nitrogen and oxygen atoms in total. The van der Waals surface area contributed by atoms with Gasteiger partial charge in [-0.25, -0.2) is 9.13 Å². The van der Waals surface area contributed by atoms with Gasteiger partial charge >= 0.3 is 0 Å². The van der Waals surface area contributed by atoms with Crippen LogP contribution in [0.5, 0.6) is 0 Å². The van der Waals surface area contributed by atoms with Crippen LogP contribution in [-0.4, -0.2) is 4.57 Å². The molecule has 0 bridgehead atoms. The maximum atomic E-state index is 2.61. The van der Waals surface area contributed by atoms with Crippen LogP contribution in [0, 0.1) is 0 Å². The quantitative estimate of drug-likeness (QED) is 0.0858. The monoisotopic (exact) mass is 490 g/mol. The van der Waals surface area contributed by atoms with Crippen molar-refractivity contribution in [3.05, 3.63) is 18.2 Å². The van der Waals surface area contributed by atoms with Crippen molar-refractivity contribution in [1.29, 1.82) is 0 Å². The van der Waals surface area contributed by atoms with E-state index in [1.165, 1.54) is 174 Å². The molecule has 1 aromatic rings. The molecular formula is C33H65N2+. The molecule has 0 aliphatic heterocycles. The Hall–Kier alpha value is -0.790. The summed E-state index contributed by atoms with van der Waals surface area (Å²) in [5.74, 6) is 1.61. The number of hydrogen-bond donors (Lipinski definition) is 0. The summed E-state index contributed by atoms with van der Waals surface area (Å²) < 4.78 is 5.21. The van der Waals surface area contributed by atoms with Gasteiger partial charge in [0.15, 0.2) is 0 Å². The first kappa shape index (κ1) is 32.2. The Bertz CT molecular complexity index is 547. The number of aryl methyl sites for hydroxylation is 2. The van der Waals surface area contributed by atoms with E-state index in [0.29, 0.717) is 0 Å². The first-order valence-electron chi connectivity index (χ1n) is 16.4. The summed E-state index contributed by atoms with van der Waals surface area (Å²) >= 11 is 0. The predicted molar refractivity (Wildman–Crippen MR) is 156 cm³/mol. The minimum Gasteiger partial charge on any atom is -0.234 e. The molecule has 0 radical (unpaired) electrons. The Morgan fingerprint density at radius 3 is 1.37 bits per heavy atom. The summed E-state index contributed by atoms with van der Waals surface area (Å²) in [6.07, 6.45) is 40.0. The van der Waals surface area contributed by atoms with E-state index in [1.807, 2.05) is 0 Å². The Kier molecular flexibility index (Phi) is 22.9. The highest BCUT2D eigenvalue weighted by atomic mass is 15.1. The molecule has 2 heteroatoms. The lowest BCUT2D eigenvalue weighted by Gasteiger charge is -2.07. The molecule has 0 fully saturated rings. The molecular weight excluding hydrogens is 424 g/mol. The number of unbranched alkanes of at least 4 members (excludes halogenated alkanes) is 21. The van der Waals surface area contributed by atoms with E-state index < -0.39 is 0 Å². The van der Waals surface area contributed by atoms with E-state index in [9.17, 15) is 0 Å². The molecule has 0 aromatic carbocycles. The van der Waals surface area contributed by atoms with Crippen molar-refractivity contribution in [3.63, 3.8) is 0 Å². The van der Waals surface area contributed by atoms with E-state index in [1.54, 1.807) is 5.82 Å². The van der Waals surface area contributed by atoms with Crippen molar-refractivity contribution >= 4 is 0 Å². The standard InChI is InChI=1S/C33H65N2/c1-4-7-10-13-15-16-17-18-19-21-24-27-30-35-32-31-34(29-26-23-20-14-11-8-5-2)33(35)28-25-22-12-9-6-3/h31-32H,4-30H2,1-3H3/q+1. The Balaban J connectivity index is 2.27. The van der Waals surface area contributed by atoms with Crippen LogP contribution in [0.1, 0.15) is 181 Å². The van der Waals surface area contributed by atoms with E-state index in [-0.39, 0.29) is 0 Å². The lowest BCUT2D eigenvalue weighted by molar-refractivity contribution is -0.704. The van der Waals surface area contributed by atoms with Gasteiger partial charge in [0.05, 0.1) is 13.1 Å². The summed E-state index contributed by atoms with van der Waals surface area (Å²) in [5.41, 5.74) is 0. The zero-order chi connectivity index (χ0) is 25.2. The highest BCUT2D eigenvalue weighted by Gasteiger charge is 2.16. The van der Waals surface area contributed by atoms with Crippen molar-refractivity contribution in [2.45, 2.75) is 194 Å². The van der Waals surface area contributed by atoms with E-state index in [0.717, 1.165) is 0 Å². The Morgan fingerprint density at radius 2 is 0.886 bits per heavy atom. The average molecular weight is 490 g/mol. The Labute approximate surface area is 221 Å². The predicted octanol–water partition coefficient (Wildman–Crippen LogP) is 10.7. The van der Waals surface area contributed by atoms with Gasteiger partial charge in [-0.15, -0.1) is 0 Å². The molecule has 0 atom stereocenters. The normalized spacial score (nSPS) is 11.5. The number of aromatic nitrogens is 2.